The van der Waals surface area contributed by atoms with Crippen LogP contribution in [-0.4, -0.2) is 34.7 Å². The number of piperidine rings is 1. The van der Waals surface area contributed by atoms with Crippen molar-refractivity contribution < 1.29 is 9.59 Å². The van der Waals surface area contributed by atoms with Gasteiger partial charge in [-0.15, -0.1) is 0 Å². The molecule has 0 spiro atoms. The summed E-state index contributed by atoms with van der Waals surface area (Å²) >= 11 is 0. The molecule has 2 aromatic carbocycles. The van der Waals surface area contributed by atoms with Crippen LogP contribution >= 0.6 is 0 Å². The number of anilines is 2. The van der Waals surface area contributed by atoms with Crippen LogP contribution in [-0.2, 0) is 4.79 Å². The molecule has 0 bridgehead atoms. The molecule has 1 aromatic heterocycles. The first kappa shape index (κ1) is 22.3. The average molecular weight is 444 g/mol. The molecule has 0 atom stereocenters. The Bertz CT molecular complexity index is 1190. The molecule has 4 rings (SSSR count). The molecule has 170 valence electrons. The summed E-state index contributed by atoms with van der Waals surface area (Å²) in [5, 5.41) is 7.57. The lowest BCUT2D eigenvalue weighted by Crippen LogP contribution is -2.30. The fraction of sp³-hybridized carbons (Fsp3) is 0.269. The normalized spacial score (nSPS) is 13.9. The summed E-state index contributed by atoms with van der Waals surface area (Å²) in [7, 11) is 0. The summed E-state index contributed by atoms with van der Waals surface area (Å²) in [6.07, 6.45) is 6.70. The zero-order chi connectivity index (χ0) is 23.4. The highest BCUT2D eigenvalue weighted by Gasteiger charge is 2.17. The lowest BCUT2D eigenvalue weighted by atomic mass is 10.1. The van der Waals surface area contributed by atoms with Crippen LogP contribution in [0.1, 0.15) is 46.6 Å². The third-order valence-electron chi connectivity index (χ3n) is 5.99. The third kappa shape index (κ3) is 4.98. The van der Waals surface area contributed by atoms with E-state index in [0.29, 0.717) is 11.3 Å². The lowest BCUT2D eigenvalue weighted by molar-refractivity contribution is -0.111. The molecule has 3 aromatic rings. The quantitative estimate of drug-likeness (QED) is 0.558. The van der Waals surface area contributed by atoms with Crippen molar-refractivity contribution in [2.75, 3.05) is 23.3 Å². The first-order valence-corrected chi connectivity index (χ1v) is 11.2. The van der Waals surface area contributed by atoms with Gasteiger partial charge in [0.05, 0.1) is 22.8 Å². The second-order valence-electron chi connectivity index (χ2n) is 8.30. The lowest BCUT2D eigenvalue weighted by Gasteiger charge is -2.30. The van der Waals surface area contributed by atoms with Gasteiger partial charge in [-0.2, -0.15) is 5.10 Å². The van der Waals surface area contributed by atoms with Crippen molar-refractivity contribution in [3.63, 3.8) is 0 Å². The maximum absolute atomic E-state index is 12.8. The fourth-order valence-corrected chi connectivity index (χ4v) is 4.25. The van der Waals surface area contributed by atoms with Gasteiger partial charge in [0.2, 0.25) is 11.8 Å². The molecule has 1 aliphatic rings. The van der Waals surface area contributed by atoms with Crippen LogP contribution in [0.3, 0.4) is 0 Å². The van der Waals surface area contributed by atoms with Crippen LogP contribution in [0.15, 0.2) is 54.6 Å². The van der Waals surface area contributed by atoms with E-state index in [9.17, 15) is 9.59 Å². The Balaban J connectivity index is 1.57. The van der Waals surface area contributed by atoms with Gasteiger partial charge in [-0.1, -0.05) is 18.2 Å². The summed E-state index contributed by atoms with van der Waals surface area (Å²) in [5.41, 5.74) is 11.0. The molecule has 1 aliphatic heterocycles. The van der Waals surface area contributed by atoms with Gasteiger partial charge in [0.1, 0.15) is 0 Å². The molecule has 7 heteroatoms. The van der Waals surface area contributed by atoms with E-state index < -0.39 is 5.91 Å². The third-order valence-corrected chi connectivity index (χ3v) is 5.99. The van der Waals surface area contributed by atoms with Gasteiger partial charge >= 0.3 is 0 Å². The SMILES string of the molecule is Cc1nn(-c2ccccc2)c(C)c1C=CC(=O)Nc1cc(C(N)=O)ccc1N1CCCCC1. The van der Waals surface area contributed by atoms with Crippen molar-refractivity contribution in [2.24, 2.45) is 5.73 Å². The maximum atomic E-state index is 12.8. The molecule has 1 saturated heterocycles. The Kier molecular flexibility index (Phi) is 6.58. The number of amides is 2. The highest BCUT2D eigenvalue weighted by Crippen LogP contribution is 2.30. The number of benzene rings is 2. The van der Waals surface area contributed by atoms with E-state index in [1.807, 2.05) is 54.9 Å². The molecular weight excluding hydrogens is 414 g/mol. The minimum atomic E-state index is -0.522. The van der Waals surface area contributed by atoms with Crippen LogP contribution in [0, 0.1) is 13.8 Å². The molecule has 0 radical (unpaired) electrons. The van der Waals surface area contributed by atoms with Crippen LogP contribution in [0.25, 0.3) is 11.8 Å². The van der Waals surface area contributed by atoms with Crippen molar-refractivity contribution in [3.8, 4) is 5.69 Å². The van der Waals surface area contributed by atoms with Crippen LogP contribution in [0.4, 0.5) is 11.4 Å². The number of nitrogens with two attached hydrogens (primary N) is 1. The predicted octanol–water partition coefficient (Wildman–Crippen LogP) is 4.23. The summed E-state index contributed by atoms with van der Waals surface area (Å²) in [6.45, 7) is 5.75. The molecule has 2 amide bonds. The Labute approximate surface area is 193 Å². The zero-order valence-electron chi connectivity index (χ0n) is 19.0. The zero-order valence-corrected chi connectivity index (χ0v) is 19.0. The van der Waals surface area contributed by atoms with E-state index in [4.69, 9.17) is 5.73 Å². The topological polar surface area (TPSA) is 93.2 Å². The minimum Gasteiger partial charge on any atom is -0.370 e. The van der Waals surface area contributed by atoms with Gasteiger partial charge in [-0.05, 0) is 69.5 Å². The average Bonchev–Trinajstić information content (AvgIpc) is 3.12. The highest BCUT2D eigenvalue weighted by molar-refractivity contribution is 6.05. The van der Waals surface area contributed by atoms with Gasteiger partial charge in [-0.3, -0.25) is 9.59 Å². The highest BCUT2D eigenvalue weighted by atomic mass is 16.1. The number of hydrogen-bond donors (Lipinski definition) is 2. The molecule has 0 saturated carbocycles. The van der Waals surface area contributed by atoms with Crippen molar-refractivity contribution in [2.45, 2.75) is 33.1 Å². The van der Waals surface area contributed by atoms with Gasteiger partial charge in [0, 0.05) is 36.0 Å². The molecule has 0 unspecified atom stereocenters. The van der Waals surface area contributed by atoms with E-state index in [0.717, 1.165) is 54.3 Å². The largest absolute Gasteiger partial charge is 0.370 e. The monoisotopic (exact) mass is 443 g/mol. The Morgan fingerprint density at radius 3 is 2.45 bits per heavy atom. The summed E-state index contributed by atoms with van der Waals surface area (Å²) < 4.78 is 1.87. The second kappa shape index (κ2) is 9.73. The van der Waals surface area contributed by atoms with Crippen molar-refractivity contribution in [1.82, 2.24) is 9.78 Å². The van der Waals surface area contributed by atoms with Crippen molar-refractivity contribution in [1.29, 1.82) is 0 Å². The standard InChI is InChI=1S/C26H29N5O2/c1-18-22(19(2)31(29-18)21-9-5-3-6-10-21)12-14-25(32)28-23-17-20(26(27)33)11-13-24(23)30-15-7-4-8-16-30/h3,5-6,9-14,17H,4,7-8,15-16H2,1-2H3,(H2,27,33)(H,28,32). The molecule has 0 aliphatic carbocycles. The first-order chi connectivity index (χ1) is 15.9. The fourth-order valence-electron chi connectivity index (χ4n) is 4.25. The van der Waals surface area contributed by atoms with Crippen molar-refractivity contribution >= 4 is 29.3 Å². The summed E-state index contributed by atoms with van der Waals surface area (Å²) in [5.74, 6) is -0.799. The first-order valence-electron chi connectivity index (χ1n) is 11.2. The van der Waals surface area contributed by atoms with Gasteiger partial charge in [0.15, 0.2) is 0 Å². The molecular formula is C26H29N5O2. The number of nitrogens with one attached hydrogen (secondary N) is 1. The van der Waals surface area contributed by atoms with Gasteiger partial charge < -0.3 is 16.0 Å². The summed E-state index contributed by atoms with van der Waals surface area (Å²) in [6, 6.07) is 15.1. The smallest absolute Gasteiger partial charge is 0.248 e. The number of aryl methyl sites for hydroxylation is 1. The minimum absolute atomic E-state index is 0.277. The van der Waals surface area contributed by atoms with E-state index >= 15 is 0 Å². The number of nitrogens with zero attached hydrogens (tertiary/aromatic N) is 3. The molecule has 7 nitrogen and oxygen atoms in total. The van der Waals surface area contributed by atoms with Gasteiger partial charge in [-0.25, -0.2) is 4.68 Å². The Morgan fingerprint density at radius 1 is 1.03 bits per heavy atom. The molecule has 33 heavy (non-hydrogen) atoms. The number of carbonyl (C=O) groups is 2. The second-order valence-corrected chi connectivity index (χ2v) is 8.30. The maximum Gasteiger partial charge on any atom is 0.248 e. The van der Waals surface area contributed by atoms with Gasteiger partial charge in [0.25, 0.3) is 0 Å². The molecule has 2 heterocycles. The molecule has 3 N–H and O–H groups in total. The van der Waals surface area contributed by atoms with Crippen LogP contribution in [0.2, 0.25) is 0 Å². The van der Waals surface area contributed by atoms with Crippen molar-refractivity contribution in [3.05, 3.63) is 77.1 Å². The summed E-state index contributed by atoms with van der Waals surface area (Å²) in [4.78, 5) is 26.8. The number of carbonyl (C=O) groups excluding carboxylic acids is 2. The number of hydrogen-bond acceptors (Lipinski definition) is 4. The number of aromatic nitrogens is 2. The Morgan fingerprint density at radius 2 is 1.76 bits per heavy atom. The predicted molar refractivity (Wildman–Crippen MR) is 132 cm³/mol. The number of para-hydroxylation sites is 1. The Hall–Kier alpha value is -3.87. The van der Waals surface area contributed by atoms with Crippen LogP contribution < -0.4 is 16.0 Å². The molecule has 1 fully saturated rings. The van der Waals surface area contributed by atoms with E-state index in [-0.39, 0.29) is 5.91 Å². The van der Waals surface area contributed by atoms with E-state index in [2.05, 4.69) is 15.3 Å². The van der Waals surface area contributed by atoms with E-state index in [1.165, 1.54) is 12.5 Å². The number of rotatable bonds is 6. The van der Waals surface area contributed by atoms with Crippen LogP contribution in [0.5, 0.6) is 0 Å². The number of primary amides is 1. The van der Waals surface area contributed by atoms with E-state index in [1.54, 1.807) is 18.2 Å².